The highest BCUT2D eigenvalue weighted by atomic mass is 79.9. The van der Waals surface area contributed by atoms with Crippen LogP contribution in [0.4, 0.5) is 13.2 Å². The predicted octanol–water partition coefficient (Wildman–Crippen LogP) is 2.82. The van der Waals surface area contributed by atoms with Gasteiger partial charge in [0.1, 0.15) is 5.69 Å². The molecule has 0 saturated heterocycles. The number of aromatic nitrogens is 5. The molecule has 0 bridgehead atoms. The molecule has 0 aliphatic rings. The second kappa shape index (κ2) is 6.38. The molecule has 0 N–H and O–H groups in total. The van der Waals surface area contributed by atoms with Crippen molar-refractivity contribution in [3.63, 3.8) is 0 Å². The normalized spacial score (nSPS) is 12.0. The second-order valence-electron chi connectivity index (χ2n) is 5.79. The van der Waals surface area contributed by atoms with Gasteiger partial charge in [-0.2, -0.15) is 23.4 Å². The van der Waals surface area contributed by atoms with Crippen LogP contribution in [0.2, 0.25) is 0 Å². The van der Waals surface area contributed by atoms with E-state index < -0.39 is 17.8 Å². The largest absolute Gasteiger partial charge is 0.433 e. The van der Waals surface area contributed by atoms with Crippen LogP contribution in [0.5, 0.6) is 0 Å². The lowest BCUT2D eigenvalue weighted by atomic mass is 10.3. The minimum Gasteiger partial charge on any atom is -0.334 e. The topological polar surface area (TPSA) is 68.3 Å². The number of fused-ring (bicyclic) bond motifs is 1. The van der Waals surface area contributed by atoms with Gasteiger partial charge in [-0.15, -0.1) is 0 Å². The molecule has 3 aromatic rings. The Morgan fingerprint density at radius 3 is 2.65 bits per heavy atom. The maximum atomic E-state index is 13.3. The van der Waals surface area contributed by atoms with Gasteiger partial charge >= 0.3 is 6.18 Å². The fourth-order valence-electron chi connectivity index (χ4n) is 2.50. The first-order chi connectivity index (χ1) is 12.1. The summed E-state index contributed by atoms with van der Waals surface area (Å²) in [4.78, 5) is 18.1. The molecule has 0 unspecified atom stereocenters. The van der Waals surface area contributed by atoms with Gasteiger partial charge in [-0.3, -0.25) is 9.48 Å². The Morgan fingerprint density at radius 2 is 2.08 bits per heavy atom. The van der Waals surface area contributed by atoms with Crippen LogP contribution in [0.3, 0.4) is 0 Å². The molecule has 0 aliphatic heterocycles. The summed E-state index contributed by atoms with van der Waals surface area (Å²) in [6.07, 6.45) is -3.03. The van der Waals surface area contributed by atoms with Gasteiger partial charge < -0.3 is 4.90 Å². The van der Waals surface area contributed by atoms with E-state index in [2.05, 4.69) is 31.1 Å². The molecule has 0 saturated carbocycles. The lowest BCUT2D eigenvalue weighted by molar-refractivity contribution is -0.142. The average Bonchev–Trinajstić information content (AvgIpc) is 3.09. The minimum atomic E-state index is -4.63. The van der Waals surface area contributed by atoms with E-state index in [-0.39, 0.29) is 28.1 Å². The van der Waals surface area contributed by atoms with E-state index in [1.165, 1.54) is 18.9 Å². The molecule has 0 aromatic carbocycles. The summed E-state index contributed by atoms with van der Waals surface area (Å²) < 4.78 is 42.2. The highest BCUT2D eigenvalue weighted by Gasteiger charge is 2.36. The SMILES string of the molecule is Cc1cc(C(F)(F)F)n2nc(C(=O)N(C)Cc3ccnn3C)c(Br)c2n1. The number of hydrogen-bond donors (Lipinski definition) is 0. The Kier molecular flexibility index (Phi) is 4.51. The number of amides is 1. The van der Waals surface area contributed by atoms with E-state index in [1.807, 2.05) is 0 Å². The molecule has 0 fully saturated rings. The number of carbonyl (C=O) groups is 1. The Labute approximate surface area is 154 Å². The second-order valence-corrected chi connectivity index (χ2v) is 6.58. The van der Waals surface area contributed by atoms with Crippen LogP contribution >= 0.6 is 15.9 Å². The maximum Gasteiger partial charge on any atom is 0.433 e. The van der Waals surface area contributed by atoms with Crippen molar-refractivity contribution < 1.29 is 18.0 Å². The monoisotopic (exact) mass is 430 g/mol. The van der Waals surface area contributed by atoms with Gasteiger partial charge in [0.25, 0.3) is 5.91 Å². The van der Waals surface area contributed by atoms with Crippen LogP contribution in [-0.2, 0) is 19.8 Å². The quantitative estimate of drug-likeness (QED) is 0.640. The Balaban J connectivity index is 2.04. The van der Waals surface area contributed by atoms with E-state index in [0.717, 1.165) is 11.8 Å². The van der Waals surface area contributed by atoms with E-state index >= 15 is 0 Å². The third kappa shape index (κ3) is 3.18. The van der Waals surface area contributed by atoms with Crippen molar-refractivity contribution in [1.82, 2.24) is 29.3 Å². The van der Waals surface area contributed by atoms with Crippen LogP contribution < -0.4 is 0 Å². The lowest BCUT2D eigenvalue weighted by Gasteiger charge is -2.16. The lowest BCUT2D eigenvalue weighted by Crippen LogP contribution is -2.28. The molecular weight excluding hydrogens is 417 g/mol. The smallest absolute Gasteiger partial charge is 0.334 e. The molecule has 3 aromatic heterocycles. The molecule has 0 spiro atoms. The number of halogens is 4. The number of aryl methyl sites for hydroxylation is 2. The number of nitrogens with zero attached hydrogens (tertiary/aromatic N) is 6. The van der Waals surface area contributed by atoms with Gasteiger partial charge in [-0.1, -0.05) is 0 Å². The van der Waals surface area contributed by atoms with Gasteiger partial charge in [-0.05, 0) is 35.0 Å². The summed E-state index contributed by atoms with van der Waals surface area (Å²) in [7, 11) is 3.27. The van der Waals surface area contributed by atoms with Gasteiger partial charge in [0.05, 0.1) is 16.7 Å². The average molecular weight is 431 g/mol. The van der Waals surface area contributed by atoms with Gasteiger partial charge in [-0.25, -0.2) is 9.50 Å². The highest BCUT2D eigenvalue weighted by molar-refractivity contribution is 9.10. The number of alkyl halides is 3. The van der Waals surface area contributed by atoms with E-state index in [1.54, 1.807) is 24.0 Å². The molecule has 3 heterocycles. The standard InChI is InChI=1S/C15H14BrF3N6O/c1-8-6-10(15(17,18)19)25-13(21-8)11(16)12(22-25)14(26)23(2)7-9-4-5-20-24(9)3/h4-6H,7H2,1-3H3. The molecule has 26 heavy (non-hydrogen) atoms. The fourth-order valence-corrected chi connectivity index (χ4v) is 3.01. The third-order valence-corrected chi connectivity index (χ3v) is 4.55. The summed E-state index contributed by atoms with van der Waals surface area (Å²) in [5, 5.41) is 7.88. The van der Waals surface area contributed by atoms with Crippen LogP contribution in [-0.4, -0.2) is 42.2 Å². The minimum absolute atomic E-state index is 0.0605. The summed E-state index contributed by atoms with van der Waals surface area (Å²) in [6, 6.07) is 2.63. The van der Waals surface area contributed by atoms with Crippen LogP contribution in [0.1, 0.15) is 27.6 Å². The van der Waals surface area contributed by atoms with Crippen molar-refractivity contribution in [2.75, 3.05) is 7.05 Å². The van der Waals surface area contributed by atoms with Crippen molar-refractivity contribution in [3.8, 4) is 0 Å². The van der Waals surface area contributed by atoms with E-state index in [0.29, 0.717) is 4.52 Å². The van der Waals surface area contributed by atoms with E-state index in [9.17, 15) is 18.0 Å². The number of carbonyl (C=O) groups excluding carboxylic acids is 1. The maximum absolute atomic E-state index is 13.3. The Bertz CT molecular complexity index is 993. The van der Waals surface area contributed by atoms with Crippen LogP contribution in [0.25, 0.3) is 5.65 Å². The molecule has 0 atom stereocenters. The Morgan fingerprint density at radius 1 is 1.38 bits per heavy atom. The summed E-state index contributed by atoms with van der Waals surface area (Å²) >= 11 is 3.17. The molecule has 0 aliphatic carbocycles. The first-order valence-corrected chi connectivity index (χ1v) is 8.24. The molecular formula is C15H14BrF3N6O. The summed E-state index contributed by atoms with van der Waals surface area (Å²) in [5.74, 6) is -0.533. The van der Waals surface area contributed by atoms with Crippen LogP contribution in [0, 0.1) is 6.92 Å². The van der Waals surface area contributed by atoms with Crippen molar-refractivity contribution in [2.24, 2.45) is 7.05 Å². The third-order valence-electron chi connectivity index (χ3n) is 3.82. The zero-order valence-corrected chi connectivity index (χ0v) is 15.6. The molecule has 3 rings (SSSR count). The first-order valence-electron chi connectivity index (χ1n) is 7.45. The van der Waals surface area contributed by atoms with Gasteiger partial charge in [0.2, 0.25) is 0 Å². The predicted molar refractivity (Wildman–Crippen MR) is 89.4 cm³/mol. The summed E-state index contributed by atoms with van der Waals surface area (Å²) in [5.41, 5.74) is -0.250. The van der Waals surface area contributed by atoms with Crippen molar-refractivity contribution in [2.45, 2.75) is 19.6 Å². The highest BCUT2D eigenvalue weighted by Crippen LogP contribution is 2.32. The van der Waals surface area contributed by atoms with Crippen molar-refractivity contribution >= 4 is 27.5 Å². The van der Waals surface area contributed by atoms with Crippen molar-refractivity contribution in [1.29, 1.82) is 0 Å². The summed E-state index contributed by atoms with van der Waals surface area (Å²) in [6.45, 7) is 1.68. The van der Waals surface area contributed by atoms with Gasteiger partial charge in [0, 0.05) is 26.0 Å². The molecule has 7 nitrogen and oxygen atoms in total. The number of hydrogen-bond acceptors (Lipinski definition) is 4. The van der Waals surface area contributed by atoms with Crippen LogP contribution in [0.15, 0.2) is 22.8 Å². The fraction of sp³-hybridized carbons (Fsp3) is 0.333. The van der Waals surface area contributed by atoms with Gasteiger partial charge in [0.15, 0.2) is 11.3 Å². The zero-order chi connectivity index (χ0) is 19.2. The first kappa shape index (κ1) is 18.4. The molecule has 1 amide bonds. The molecule has 11 heteroatoms. The van der Waals surface area contributed by atoms with Crippen molar-refractivity contribution in [3.05, 3.63) is 45.6 Å². The zero-order valence-electron chi connectivity index (χ0n) is 14.0. The molecule has 138 valence electrons. The molecule has 0 radical (unpaired) electrons. The number of rotatable bonds is 3. The van der Waals surface area contributed by atoms with E-state index in [4.69, 9.17) is 0 Å². The Hall–Kier alpha value is -2.43.